The van der Waals surface area contributed by atoms with Crippen molar-refractivity contribution in [2.45, 2.75) is 24.8 Å². The molecule has 25 heavy (non-hydrogen) atoms. The van der Waals surface area contributed by atoms with Crippen LogP contribution < -0.4 is 14.8 Å². The average molecular weight is 427 g/mol. The molecule has 2 aromatic rings. The van der Waals surface area contributed by atoms with Crippen LogP contribution in [0.15, 0.2) is 51.8 Å². The van der Waals surface area contributed by atoms with Crippen LogP contribution >= 0.6 is 15.9 Å². The second-order valence-corrected chi connectivity index (χ2v) is 8.04. The molecule has 6 nitrogen and oxygen atoms in total. The lowest BCUT2D eigenvalue weighted by atomic mass is 10.1. The van der Waals surface area contributed by atoms with Crippen LogP contribution in [-0.2, 0) is 14.8 Å². The third-order valence-electron chi connectivity index (χ3n) is 3.45. The molecule has 2 aromatic carbocycles. The van der Waals surface area contributed by atoms with Gasteiger partial charge >= 0.3 is 0 Å². The van der Waals surface area contributed by atoms with Crippen molar-refractivity contribution in [3.63, 3.8) is 0 Å². The van der Waals surface area contributed by atoms with Gasteiger partial charge in [0.15, 0.2) is 0 Å². The Balaban J connectivity index is 2.29. The Kier molecular flexibility index (Phi) is 6.21. The van der Waals surface area contributed by atoms with E-state index in [1.165, 1.54) is 20.1 Å². The minimum Gasteiger partial charge on any atom is -0.495 e. The number of nitrogens with one attached hydrogen (secondary N) is 2. The van der Waals surface area contributed by atoms with E-state index in [0.717, 1.165) is 5.56 Å². The van der Waals surface area contributed by atoms with E-state index in [-0.39, 0.29) is 16.6 Å². The zero-order chi connectivity index (χ0) is 18.6. The van der Waals surface area contributed by atoms with Gasteiger partial charge < -0.3 is 10.1 Å². The second-order valence-electron chi connectivity index (χ2n) is 5.44. The molecule has 134 valence electrons. The SMILES string of the molecule is COc1ccc(Br)cc1S(=O)(=O)NC(C)c1cccc(NC(C)=O)c1. The van der Waals surface area contributed by atoms with Gasteiger partial charge in [-0.1, -0.05) is 28.1 Å². The Morgan fingerprint density at radius 2 is 1.92 bits per heavy atom. The highest BCUT2D eigenvalue weighted by atomic mass is 79.9. The van der Waals surface area contributed by atoms with Gasteiger partial charge in [-0.3, -0.25) is 4.79 Å². The number of halogens is 1. The molecule has 2 rings (SSSR count). The van der Waals surface area contributed by atoms with Crippen LogP contribution in [0.4, 0.5) is 5.69 Å². The molecule has 0 aliphatic carbocycles. The first-order valence-corrected chi connectivity index (χ1v) is 9.74. The van der Waals surface area contributed by atoms with Crippen molar-refractivity contribution in [2.24, 2.45) is 0 Å². The molecule has 1 unspecified atom stereocenters. The summed E-state index contributed by atoms with van der Waals surface area (Å²) in [5, 5.41) is 2.68. The summed E-state index contributed by atoms with van der Waals surface area (Å²) < 4.78 is 33.9. The number of methoxy groups -OCH3 is 1. The Bertz CT molecular complexity index is 884. The molecule has 0 bridgehead atoms. The van der Waals surface area contributed by atoms with Crippen molar-refractivity contribution in [1.29, 1.82) is 0 Å². The number of benzene rings is 2. The maximum Gasteiger partial charge on any atom is 0.244 e. The summed E-state index contributed by atoms with van der Waals surface area (Å²) in [6.45, 7) is 3.15. The van der Waals surface area contributed by atoms with E-state index in [2.05, 4.69) is 26.0 Å². The molecule has 1 amide bonds. The molecule has 0 saturated carbocycles. The van der Waals surface area contributed by atoms with Gasteiger partial charge in [0, 0.05) is 23.1 Å². The maximum absolute atomic E-state index is 12.7. The largest absolute Gasteiger partial charge is 0.495 e. The van der Waals surface area contributed by atoms with Crippen LogP contribution in [0.2, 0.25) is 0 Å². The van der Waals surface area contributed by atoms with Gasteiger partial charge in [0.05, 0.1) is 7.11 Å². The lowest BCUT2D eigenvalue weighted by Gasteiger charge is -2.17. The Labute approximate surface area is 155 Å². The normalized spacial score (nSPS) is 12.5. The summed E-state index contributed by atoms with van der Waals surface area (Å²) in [6, 6.07) is 11.3. The molecular formula is C17H19BrN2O4S. The van der Waals surface area contributed by atoms with E-state index in [1.54, 1.807) is 43.3 Å². The van der Waals surface area contributed by atoms with Gasteiger partial charge in [0.1, 0.15) is 10.6 Å². The zero-order valence-electron chi connectivity index (χ0n) is 14.0. The number of carbonyl (C=O) groups is 1. The molecule has 0 heterocycles. The molecule has 1 atom stereocenters. The van der Waals surface area contributed by atoms with Crippen LogP contribution in [0.25, 0.3) is 0 Å². The minimum atomic E-state index is -3.80. The molecule has 0 radical (unpaired) electrons. The molecule has 2 N–H and O–H groups in total. The molecule has 0 fully saturated rings. The van der Waals surface area contributed by atoms with Crippen LogP contribution in [-0.4, -0.2) is 21.4 Å². The first-order valence-electron chi connectivity index (χ1n) is 7.46. The molecule has 8 heteroatoms. The zero-order valence-corrected chi connectivity index (χ0v) is 16.4. The van der Waals surface area contributed by atoms with E-state index in [9.17, 15) is 13.2 Å². The van der Waals surface area contributed by atoms with Crippen molar-refractivity contribution < 1.29 is 17.9 Å². The lowest BCUT2D eigenvalue weighted by Crippen LogP contribution is -2.27. The van der Waals surface area contributed by atoms with Crippen molar-refractivity contribution in [3.05, 3.63) is 52.5 Å². The number of sulfonamides is 1. The first kappa shape index (κ1) is 19.4. The van der Waals surface area contributed by atoms with Crippen LogP contribution in [0, 0.1) is 0 Å². The Hall–Kier alpha value is -1.90. The van der Waals surface area contributed by atoms with Gasteiger partial charge in [0.2, 0.25) is 15.9 Å². The fourth-order valence-electron chi connectivity index (χ4n) is 2.31. The number of rotatable bonds is 6. The molecule has 0 aromatic heterocycles. The van der Waals surface area contributed by atoms with Crippen molar-refractivity contribution in [3.8, 4) is 5.75 Å². The first-order chi connectivity index (χ1) is 11.7. The van der Waals surface area contributed by atoms with Crippen molar-refractivity contribution in [1.82, 2.24) is 4.72 Å². The summed E-state index contributed by atoms with van der Waals surface area (Å²) in [5.41, 5.74) is 1.33. The number of hydrogen-bond donors (Lipinski definition) is 2. The van der Waals surface area contributed by atoms with E-state index in [4.69, 9.17) is 4.74 Å². The molecular weight excluding hydrogens is 408 g/mol. The Morgan fingerprint density at radius 1 is 1.20 bits per heavy atom. The molecule has 0 saturated heterocycles. The third-order valence-corrected chi connectivity index (χ3v) is 5.51. The molecule has 0 aliphatic rings. The fraction of sp³-hybridized carbons (Fsp3) is 0.235. The second kappa shape index (κ2) is 7.99. The lowest BCUT2D eigenvalue weighted by molar-refractivity contribution is -0.114. The fourth-order valence-corrected chi connectivity index (χ4v) is 4.25. The summed E-state index contributed by atoms with van der Waals surface area (Å²) in [4.78, 5) is 11.2. The number of amides is 1. The highest BCUT2D eigenvalue weighted by molar-refractivity contribution is 9.10. The topological polar surface area (TPSA) is 84.5 Å². The highest BCUT2D eigenvalue weighted by Gasteiger charge is 2.23. The van der Waals surface area contributed by atoms with E-state index in [0.29, 0.717) is 10.2 Å². The van der Waals surface area contributed by atoms with E-state index in [1.807, 2.05) is 0 Å². The standard InChI is InChI=1S/C17H19BrN2O4S/c1-11(13-5-4-6-15(9-13)19-12(2)21)20-25(22,23)17-10-14(18)7-8-16(17)24-3/h4-11,20H,1-3H3,(H,19,21). The maximum atomic E-state index is 12.7. The summed E-state index contributed by atoms with van der Waals surface area (Å²) in [5.74, 6) is 0.0687. The number of carbonyl (C=O) groups excluding carboxylic acids is 1. The monoisotopic (exact) mass is 426 g/mol. The van der Waals surface area contributed by atoms with Crippen LogP contribution in [0.5, 0.6) is 5.75 Å². The van der Waals surface area contributed by atoms with Crippen molar-refractivity contribution >= 4 is 37.5 Å². The van der Waals surface area contributed by atoms with Gasteiger partial charge in [-0.05, 0) is 42.8 Å². The summed E-state index contributed by atoms with van der Waals surface area (Å²) in [7, 11) is -2.38. The van der Waals surface area contributed by atoms with E-state index >= 15 is 0 Å². The average Bonchev–Trinajstić information content (AvgIpc) is 2.54. The highest BCUT2D eigenvalue weighted by Crippen LogP contribution is 2.28. The van der Waals surface area contributed by atoms with Gasteiger partial charge in [-0.2, -0.15) is 0 Å². The van der Waals surface area contributed by atoms with Crippen LogP contribution in [0.1, 0.15) is 25.5 Å². The van der Waals surface area contributed by atoms with Gasteiger partial charge in [-0.25, -0.2) is 13.1 Å². The molecule has 0 spiro atoms. The Morgan fingerprint density at radius 3 is 2.56 bits per heavy atom. The van der Waals surface area contributed by atoms with Gasteiger partial charge in [-0.15, -0.1) is 0 Å². The third kappa shape index (κ3) is 5.04. The predicted molar refractivity (Wildman–Crippen MR) is 100 cm³/mol. The summed E-state index contributed by atoms with van der Waals surface area (Å²) in [6.07, 6.45) is 0. The smallest absolute Gasteiger partial charge is 0.244 e. The van der Waals surface area contributed by atoms with Crippen LogP contribution in [0.3, 0.4) is 0 Å². The number of hydrogen-bond acceptors (Lipinski definition) is 4. The van der Waals surface area contributed by atoms with E-state index < -0.39 is 16.1 Å². The quantitative estimate of drug-likeness (QED) is 0.740. The number of anilines is 1. The molecule has 0 aliphatic heterocycles. The van der Waals surface area contributed by atoms with Crippen molar-refractivity contribution in [2.75, 3.05) is 12.4 Å². The number of ether oxygens (including phenoxy) is 1. The predicted octanol–water partition coefficient (Wildman–Crippen LogP) is 3.46. The summed E-state index contributed by atoms with van der Waals surface area (Å²) >= 11 is 3.27. The minimum absolute atomic E-state index is 0.0502. The van der Waals surface area contributed by atoms with Gasteiger partial charge in [0.25, 0.3) is 0 Å².